The Morgan fingerprint density at radius 1 is 0.913 bits per heavy atom. The fourth-order valence-corrected chi connectivity index (χ4v) is 5.50. The summed E-state index contributed by atoms with van der Waals surface area (Å²) in [5.41, 5.74) is 0. The molecule has 1 N–H and O–H groups in total. The Morgan fingerprint density at radius 3 is 2.39 bits per heavy atom. The number of nitrogens with zero attached hydrogens (tertiary/aromatic N) is 2. The van der Waals surface area contributed by atoms with Crippen LogP contribution in [0, 0.1) is 5.92 Å². The highest BCUT2D eigenvalue weighted by Gasteiger charge is 2.36. The lowest BCUT2D eigenvalue weighted by molar-refractivity contribution is -0.133. The average Bonchev–Trinajstić information content (AvgIpc) is 3.15. The zero-order chi connectivity index (χ0) is 15.6. The van der Waals surface area contributed by atoms with Gasteiger partial charge < -0.3 is 15.1 Å². The molecule has 0 radical (unpaired) electrons. The summed E-state index contributed by atoms with van der Waals surface area (Å²) < 4.78 is 0. The van der Waals surface area contributed by atoms with Gasteiger partial charge in [-0.25, -0.2) is 0 Å². The molecule has 0 aliphatic carbocycles. The molecule has 3 atom stereocenters. The van der Waals surface area contributed by atoms with Crippen LogP contribution in [-0.2, 0) is 4.79 Å². The first-order valence-electron chi connectivity index (χ1n) is 10.1. The first kappa shape index (κ1) is 15.9. The minimum atomic E-state index is 0.454. The number of hydrogen-bond donors (Lipinski definition) is 1. The number of piperidine rings is 2. The van der Waals surface area contributed by atoms with E-state index in [0.29, 0.717) is 30.0 Å². The molecule has 1 amide bonds. The predicted molar refractivity (Wildman–Crippen MR) is 92.3 cm³/mol. The zero-order valence-electron chi connectivity index (χ0n) is 14.5. The Hall–Kier alpha value is -0.610. The van der Waals surface area contributed by atoms with E-state index in [1.54, 1.807) is 0 Å². The SMILES string of the molecule is O=C(CC1CC2CCC(C1)N2)N1CCCC1CN1CCCCC1. The van der Waals surface area contributed by atoms with Crippen LogP contribution in [-0.4, -0.2) is 60.0 Å². The maximum absolute atomic E-state index is 12.9. The second-order valence-corrected chi connectivity index (χ2v) is 8.42. The molecule has 0 aromatic heterocycles. The highest BCUT2D eigenvalue weighted by atomic mass is 16.2. The molecule has 0 aromatic carbocycles. The van der Waals surface area contributed by atoms with Gasteiger partial charge in [0.15, 0.2) is 0 Å². The van der Waals surface area contributed by atoms with Crippen molar-refractivity contribution in [3.8, 4) is 0 Å². The first-order valence-corrected chi connectivity index (χ1v) is 10.1. The van der Waals surface area contributed by atoms with E-state index in [1.165, 1.54) is 70.9 Å². The first-order chi connectivity index (χ1) is 11.3. The van der Waals surface area contributed by atoms with Gasteiger partial charge >= 0.3 is 0 Å². The minimum Gasteiger partial charge on any atom is -0.338 e. The zero-order valence-corrected chi connectivity index (χ0v) is 14.5. The Kier molecular flexibility index (Phi) is 4.91. The third-order valence-electron chi connectivity index (χ3n) is 6.65. The Labute approximate surface area is 141 Å². The van der Waals surface area contributed by atoms with Crippen molar-refractivity contribution >= 4 is 5.91 Å². The molecule has 4 heterocycles. The van der Waals surface area contributed by atoms with Crippen LogP contribution in [0.1, 0.15) is 64.2 Å². The van der Waals surface area contributed by atoms with Crippen molar-refractivity contribution in [2.45, 2.75) is 82.3 Å². The molecule has 23 heavy (non-hydrogen) atoms. The molecule has 4 aliphatic rings. The second kappa shape index (κ2) is 7.10. The monoisotopic (exact) mass is 319 g/mol. The number of hydrogen-bond acceptors (Lipinski definition) is 3. The van der Waals surface area contributed by atoms with Gasteiger partial charge in [0.05, 0.1) is 0 Å². The summed E-state index contributed by atoms with van der Waals surface area (Å²) in [5, 5.41) is 3.69. The van der Waals surface area contributed by atoms with Gasteiger partial charge in [0.2, 0.25) is 5.91 Å². The lowest BCUT2D eigenvalue weighted by Crippen LogP contribution is -2.46. The standard InChI is InChI=1S/C19H33N3O/c23-19(13-15-11-16-6-7-17(12-15)20-16)22-10-4-5-18(22)14-21-8-2-1-3-9-21/h15-18,20H,1-14H2. The van der Waals surface area contributed by atoms with E-state index in [0.717, 1.165) is 19.5 Å². The van der Waals surface area contributed by atoms with Gasteiger partial charge in [-0.05, 0) is 70.4 Å². The molecule has 4 aliphatic heterocycles. The quantitative estimate of drug-likeness (QED) is 0.864. The molecule has 4 heteroatoms. The Bertz CT molecular complexity index is 409. The molecule has 4 nitrogen and oxygen atoms in total. The number of fused-ring (bicyclic) bond motifs is 2. The largest absolute Gasteiger partial charge is 0.338 e. The van der Waals surface area contributed by atoms with Crippen molar-refractivity contribution in [3.05, 3.63) is 0 Å². The second-order valence-electron chi connectivity index (χ2n) is 8.42. The van der Waals surface area contributed by atoms with Gasteiger partial charge in [0.1, 0.15) is 0 Å². The average molecular weight is 319 g/mol. The van der Waals surface area contributed by atoms with Crippen LogP contribution >= 0.6 is 0 Å². The van der Waals surface area contributed by atoms with Crippen LogP contribution in [0.4, 0.5) is 0 Å². The molecule has 4 fully saturated rings. The number of likely N-dealkylation sites (tertiary alicyclic amines) is 2. The molecule has 0 spiro atoms. The molecular weight excluding hydrogens is 286 g/mol. The fraction of sp³-hybridized carbons (Fsp3) is 0.947. The number of amides is 1. The molecule has 0 saturated carbocycles. The van der Waals surface area contributed by atoms with Crippen molar-refractivity contribution in [2.24, 2.45) is 5.92 Å². The van der Waals surface area contributed by atoms with Crippen LogP contribution in [0.2, 0.25) is 0 Å². The predicted octanol–water partition coefficient (Wildman–Crippen LogP) is 2.38. The summed E-state index contributed by atoms with van der Waals surface area (Å²) in [6.45, 7) is 4.63. The minimum absolute atomic E-state index is 0.454. The molecule has 3 unspecified atom stereocenters. The Morgan fingerprint density at radius 2 is 1.65 bits per heavy atom. The Balaban J connectivity index is 1.29. The van der Waals surface area contributed by atoms with E-state index in [2.05, 4.69) is 15.1 Å². The summed E-state index contributed by atoms with van der Waals surface area (Å²) in [5.74, 6) is 1.09. The van der Waals surface area contributed by atoms with Crippen molar-refractivity contribution in [1.82, 2.24) is 15.1 Å². The van der Waals surface area contributed by atoms with Crippen LogP contribution in [0.15, 0.2) is 0 Å². The summed E-state index contributed by atoms with van der Waals surface area (Å²) in [7, 11) is 0. The smallest absolute Gasteiger partial charge is 0.223 e. The molecule has 4 saturated heterocycles. The maximum Gasteiger partial charge on any atom is 0.223 e. The maximum atomic E-state index is 12.9. The topological polar surface area (TPSA) is 35.6 Å². The van der Waals surface area contributed by atoms with Gasteiger partial charge in [0, 0.05) is 37.6 Å². The third kappa shape index (κ3) is 3.74. The summed E-state index contributed by atoms with van der Waals surface area (Å²) in [6, 6.07) is 1.91. The summed E-state index contributed by atoms with van der Waals surface area (Å²) >= 11 is 0. The highest BCUT2D eigenvalue weighted by molar-refractivity contribution is 5.77. The van der Waals surface area contributed by atoms with Gasteiger partial charge in [-0.2, -0.15) is 0 Å². The lowest BCUT2D eigenvalue weighted by atomic mass is 9.89. The van der Waals surface area contributed by atoms with Crippen molar-refractivity contribution in [1.29, 1.82) is 0 Å². The van der Waals surface area contributed by atoms with Crippen LogP contribution in [0.3, 0.4) is 0 Å². The molecule has 4 rings (SSSR count). The van der Waals surface area contributed by atoms with Crippen LogP contribution < -0.4 is 5.32 Å². The van der Waals surface area contributed by atoms with Crippen molar-refractivity contribution in [2.75, 3.05) is 26.2 Å². The van der Waals surface area contributed by atoms with E-state index in [-0.39, 0.29) is 0 Å². The van der Waals surface area contributed by atoms with Gasteiger partial charge in [0.25, 0.3) is 0 Å². The normalized spacial score (nSPS) is 38.2. The van der Waals surface area contributed by atoms with E-state index in [4.69, 9.17) is 0 Å². The van der Waals surface area contributed by atoms with Gasteiger partial charge in [-0.1, -0.05) is 6.42 Å². The number of carbonyl (C=O) groups is 1. The van der Waals surface area contributed by atoms with Crippen molar-refractivity contribution < 1.29 is 4.79 Å². The van der Waals surface area contributed by atoms with Gasteiger partial charge in [-0.15, -0.1) is 0 Å². The molecule has 2 bridgehead atoms. The van der Waals surface area contributed by atoms with E-state index in [1.807, 2.05) is 0 Å². The summed E-state index contributed by atoms with van der Waals surface area (Å²) in [6.07, 6.45) is 12.4. The number of rotatable bonds is 4. The third-order valence-corrected chi connectivity index (χ3v) is 6.65. The van der Waals surface area contributed by atoms with E-state index in [9.17, 15) is 4.79 Å². The number of carbonyl (C=O) groups excluding carboxylic acids is 1. The van der Waals surface area contributed by atoms with Gasteiger partial charge in [-0.3, -0.25) is 4.79 Å². The van der Waals surface area contributed by atoms with Crippen LogP contribution in [0.25, 0.3) is 0 Å². The number of nitrogens with one attached hydrogen (secondary N) is 1. The lowest BCUT2D eigenvalue weighted by Gasteiger charge is -2.34. The van der Waals surface area contributed by atoms with Crippen molar-refractivity contribution in [3.63, 3.8) is 0 Å². The van der Waals surface area contributed by atoms with E-state index < -0.39 is 0 Å². The van der Waals surface area contributed by atoms with E-state index >= 15 is 0 Å². The molecule has 130 valence electrons. The fourth-order valence-electron chi connectivity index (χ4n) is 5.50. The highest BCUT2D eigenvalue weighted by Crippen LogP contribution is 2.33. The van der Waals surface area contributed by atoms with Crippen LogP contribution in [0.5, 0.6) is 0 Å². The summed E-state index contributed by atoms with van der Waals surface area (Å²) in [4.78, 5) is 17.7. The molecular formula is C19H33N3O. The molecule has 0 aromatic rings.